The fourth-order valence-electron chi connectivity index (χ4n) is 2.66. The average Bonchev–Trinajstić information content (AvgIpc) is 2.48. The topological polar surface area (TPSA) is 61.8 Å². The molecule has 0 aliphatic carbocycles. The van der Waals surface area contributed by atoms with Gasteiger partial charge >= 0.3 is 5.97 Å². The summed E-state index contributed by atoms with van der Waals surface area (Å²) in [5, 5.41) is 12.2. The summed E-state index contributed by atoms with van der Waals surface area (Å²) in [6.45, 7) is 3.69. The van der Waals surface area contributed by atoms with Gasteiger partial charge in [0.05, 0.1) is 6.42 Å². The number of nitrogens with one attached hydrogen (secondary N) is 1. The van der Waals surface area contributed by atoms with Gasteiger partial charge in [0.15, 0.2) is 0 Å². The van der Waals surface area contributed by atoms with Crippen LogP contribution in [0.1, 0.15) is 18.4 Å². The van der Waals surface area contributed by atoms with E-state index < -0.39 is 5.97 Å². The molecule has 0 bridgehead atoms. The molecule has 2 N–H and O–H groups in total. The molecule has 1 aliphatic heterocycles. The second-order valence-corrected chi connectivity index (χ2v) is 5.53. The molecule has 0 radical (unpaired) electrons. The van der Waals surface area contributed by atoms with Gasteiger partial charge in [0.2, 0.25) is 0 Å². The van der Waals surface area contributed by atoms with Gasteiger partial charge in [0.25, 0.3) is 0 Å². The zero-order chi connectivity index (χ0) is 15.1. The highest BCUT2D eigenvalue weighted by atomic mass is 35.5. The van der Waals surface area contributed by atoms with Gasteiger partial charge in [0, 0.05) is 12.6 Å². The molecule has 1 fully saturated rings. The number of nitrogens with zero attached hydrogens (tertiary/aromatic N) is 1. The van der Waals surface area contributed by atoms with Crippen LogP contribution in [0.4, 0.5) is 0 Å². The van der Waals surface area contributed by atoms with Crippen molar-refractivity contribution in [3.8, 4) is 5.75 Å². The summed E-state index contributed by atoms with van der Waals surface area (Å²) in [6.07, 6.45) is 2.40. The van der Waals surface area contributed by atoms with E-state index in [9.17, 15) is 4.79 Å². The summed E-state index contributed by atoms with van der Waals surface area (Å²) in [6, 6.07) is 7.95. The van der Waals surface area contributed by atoms with Gasteiger partial charge in [0.1, 0.15) is 12.4 Å². The van der Waals surface area contributed by atoms with E-state index in [1.54, 1.807) is 6.07 Å². The molecular formula is C16H26Cl2N2O3. The van der Waals surface area contributed by atoms with Crippen LogP contribution >= 0.6 is 24.8 Å². The van der Waals surface area contributed by atoms with E-state index in [1.165, 1.54) is 12.8 Å². The van der Waals surface area contributed by atoms with Crippen molar-refractivity contribution in [3.63, 3.8) is 0 Å². The van der Waals surface area contributed by atoms with Crippen LogP contribution < -0.4 is 10.1 Å². The number of likely N-dealkylation sites (N-methyl/N-ethyl adjacent to an activating group) is 1. The minimum Gasteiger partial charge on any atom is -0.492 e. The first kappa shape index (κ1) is 22.0. The molecule has 0 amide bonds. The average molecular weight is 365 g/mol. The van der Waals surface area contributed by atoms with Crippen molar-refractivity contribution in [1.29, 1.82) is 0 Å². The Morgan fingerprint density at radius 2 is 2.04 bits per heavy atom. The largest absolute Gasteiger partial charge is 0.492 e. The quantitative estimate of drug-likeness (QED) is 0.776. The first-order valence-corrected chi connectivity index (χ1v) is 7.49. The van der Waals surface area contributed by atoms with Crippen LogP contribution in [-0.4, -0.2) is 55.3 Å². The molecule has 7 heteroatoms. The maximum atomic E-state index is 10.7. The van der Waals surface area contributed by atoms with Crippen molar-refractivity contribution in [1.82, 2.24) is 10.2 Å². The SMILES string of the molecule is CN(CCOc1cccc(CC(=O)O)c1)C1CCNCC1.Cl.Cl. The highest BCUT2D eigenvalue weighted by Gasteiger charge is 2.17. The number of aliphatic carboxylic acids is 1. The van der Waals surface area contributed by atoms with Crippen molar-refractivity contribution >= 4 is 30.8 Å². The number of carboxylic acid groups (broad SMARTS) is 1. The summed E-state index contributed by atoms with van der Waals surface area (Å²) in [5.74, 6) is -0.0785. The lowest BCUT2D eigenvalue weighted by molar-refractivity contribution is -0.136. The predicted molar refractivity (Wildman–Crippen MR) is 96.3 cm³/mol. The summed E-state index contributed by atoms with van der Waals surface area (Å²) < 4.78 is 5.74. The summed E-state index contributed by atoms with van der Waals surface area (Å²) in [4.78, 5) is 13.1. The molecule has 5 nitrogen and oxygen atoms in total. The van der Waals surface area contributed by atoms with Crippen molar-refractivity contribution < 1.29 is 14.6 Å². The number of halogens is 2. The Morgan fingerprint density at radius 1 is 1.35 bits per heavy atom. The van der Waals surface area contributed by atoms with Crippen molar-refractivity contribution in [3.05, 3.63) is 29.8 Å². The third kappa shape index (κ3) is 7.88. The number of hydrogen-bond acceptors (Lipinski definition) is 4. The zero-order valence-corrected chi connectivity index (χ0v) is 15.0. The van der Waals surface area contributed by atoms with Crippen molar-refractivity contribution in [2.45, 2.75) is 25.3 Å². The number of hydrogen-bond donors (Lipinski definition) is 2. The smallest absolute Gasteiger partial charge is 0.307 e. The van der Waals surface area contributed by atoms with Gasteiger partial charge in [-0.05, 0) is 50.7 Å². The second kappa shape index (κ2) is 11.5. The Hall–Kier alpha value is -1.01. The number of carbonyl (C=O) groups is 1. The molecule has 0 unspecified atom stereocenters. The van der Waals surface area contributed by atoms with E-state index in [-0.39, 0.29) is 31.2 Å². The Bertz CT molecular complexity index is 468. The van der Waals surface area contributed by atoms with Gasteiger partial charge in [-0.1, -0.05) is 12.1 Å². The maximum Gasteiger partial charge on any atom is 0.307 e. The van der Waals surface area contributed by atoms with E-state index in [0.717, 1.165) is 30.9 Å². The van der Waals surface area contributed by atoms with Gasteiger partial charge in [-0.3, -0.25) is 9.69 Å². The highest BCUT2D eigenvalue weighted by molar-refractivity contribution is 5.85. The molecular weight excluding hydrogens is 339 g/mol. The van der Waals surface area contributed by atoms with Crippen LogP contribution in [0.2, 0.25) is 0 Å². The monoisotopic (exact) mass is 364 g/mol. The summed E-state index contributed by atoms with van der Waals surface area (Å²) >= 11 is 0. The normalized spacial score (nSPS) is 14.7. The van der Waals surface area contributed by atoms with Gasteiger partial charge in [-0.2, -0.15) is 0 Å². The van der Waals surface area contributed by atoms with Gasteiger partial charge < -0.3 is 15.2 Å². The zero-order valence-electron chi connectivity index (χ0n) is 13.4. The number of rotatable bonds is 7. The van der Waals surface area contributed by atoms with Crippen molar-refractivity contribution in [2.24, 2.45) is 0 Å². The molecule has 1 aromatic carbocycles. The van der Waals surface area contributed by atoms with Crippen LogP contribution in [0.5, 0.6) is 5.75 Å². The number of ether oxygens (including phenoxy) is 1. The maximum absolute atomic E-state index is 10.7. The molecule has 1 aromatic rings. The minimum atomic E-state index is -0.821. The lowest BCUT2D eigenvalue weighted by Gasteiger charge is -2.31. The Labute approximate surface area is 150 Å². The Balaban J connectivity index is 0.00000242. The van der Waals surface area contributed by atoms with Crippen molar-refractivity contribution in [2.75, 3.05) is 33.3 Å². The van der Waals surface area contributed by atoms with Gasteiger partial charge in [-0.25, -0.2) is 0 Å². The summed E-state index contributed by atoms with van der Waals surface area (Å²) in [5.41, 5.74) is 0.770. The summed E-state index contributed by atoms with van der Waals surface area (Å²) in [7, 11) is 2.14. The third-order valence-electron chi connectivity index (χ3n) is 3.90. The van der Waals surface area contributed by atoms with E-state index in [4.69, 9.17) is 9.84 Å². The van der Waals surface area contributed by atoms with Gasteiger partial charge in [-0.15, -0.1) is 24.8 Å². The van der Waals surface area contributed by atoms with E-state index in [2.05, 4.69) is 17.3 Å². The third-order valence-corrected chi connectivity index (χ3v) is 3.90. The number of carboxylic acids is 1. The number of piperidine rings is 1. The first-order valence-electron chi connectivity index (χ1n) is 7.49. The fourth-order valence-corrected chi connectivity index (χ4v) is 2.66. The van der Waals surface area contributed by atoms with Crippen LogP contribution in [-0.2, 0) is 11.2 Å². The molecule has 1 saturated heterocycles. The van der Waals surface area contributed by atoms with Crippen LogP contribution in [0.3, 0.4) is 0 Å². The predicted octanol–water partition coefficient (Wildman–Crippen LogP) is 2.22. The standard InChI is InChI=1S/C16H24N2O3.2ClH/c1-18(14-5-7-17-8-6-14)9-10-21-15-4-2-3-13(11-15)12-16(19)20;;/h2-4,11,14,17H,5-10,12H2,1H3,(H,19,20);2*1H. The molecule has 0 atom stereocenters. The molecule has 132 valence electrons. The molecule has 0 aromatic heterocycles. The van der Waals surface area contributed by atoms with E-state index in [0.29, 0.717) is 12.6 Å². The highest BCUT2D eigenvalue weighted by Crippen LogP contribution is 2.14. The van der Waals surface area contributed by atoms with Crippen LogP contribution in [0.25, 0.3) is 0 Å². The van der Waals surface area contributed by atoms with Crippen LogP contribution in [0.15, 0.2) is 24.3 Å². The van der Waals surface area contributed by atoms with E-state index >= 15 is 0 Å². The molecule has 0 saturated carbocycles. The second-order valence-electron chi connectivity index (χ2n) is 5.53. The van der Waals surface area contributed by atoms with E-state index in [1.807, 2.05) is 18.2 Å². The molecule has 23 heavy (non-hydrogen) atoms. The minimum absolute atomic E-state index is 0. The molecule has 1 aliphatic rings. The molecule has 2 rings (SSSR count). The Kier molecular flexibility index (Phi) is 11.0. The first-order chi connectivity index (χ1) is 10.1. The lowest BCUT2D eigenvalue weighted by Crippen LogP contribution is -2.42. The molecule has 0 spiro atoms. The fraction of sp³-hybridized carbons (Fsp3) is 0.562. The number of benzene rings is 1. The lowest BCUT2D eigenvalue weighted by atomic mass is 10.1. The van der Waals surface area contributed by atoms with Crippen LogP contribution in [0, 0.1) is 0 Å². The Morgan fingerprint density at radius 3 is 2.70 bits per heavy atom. The molecule has 1 heterocycles.